The SMILES string of the molecule is CCCN(C/C=C/C1CC=CCC1)C(=O)C1CC1. The zero-order valence-electron chi connectivity index (χ0n) is 11.5. The standard InChI is InChI=1S/C16H25NO/c1-2-12-17(16(18)15-10-11-15)13-6-9-14-7-4-3-5-8-14/h3-4,6,9,14-15H,2,5,7-8,10-13H2,1H3/b9-6+. The molecular weight excluding hydrogens is 222 g/mol. The molecule has 2 nitrogen and oxygen atoms in total. The van der Waals surface area contributed by atoms with Crippen molar-refractivity contribution in [3.05, 3.63) is 24.3 Å². The van der Waals surface area contributed by atoms with E-state index in [-0.39, 0.29) is 0 Å². The summed E-state index contributed by atoms with van der Waals surface area (Å²) in [6.07, 6.45) is 16.0. The van der Waals surface area contributed by atoms with Crippen LogP contribution in [-0.4, -0.2) is 23.9 Å². The minimum Gasteiger partial charge on any atom is -0.339 e. The van der Waals surface area contributed by atoms with E-state index in [2.05, 4.69) is 31.2 Å². The van der Waals surface area contributed by atoms with E-state index in [4.69, 9.17) is 0 Å². The Labute approximate surface area is 111 Å². The van der Waals surface area contributed by atoms with Gasteiger partial charge in [0.2, 0.25) is 5.91 Å². The number of hydrogen-bond acceptors (Lipinski definition) is 1. The molecule has 0 N–H and O–H groups in total. The molecule has 0 spiro atoms. The van der Waals surface area contributed by atoms with Gasteiger partial charge in [-0.1, -0.05) is 31.2 Å². The van der Waals surface area contributed by atoms with Crippen LogP contribution >= 0.6 is 0 Å². The van der Waals surface area contributed by atoms with Gasteiger partial charge in [0.05, 0.1) is 0 Å². The van der Waals surface area contributed by atoms with Crippen LogP contribution in [0.25, 0.3) is 0 Å². The molecule has 2 heteroatoms. The molecule has 1 saturated carbocycles. The van der Waals surface area contributed by atoms with Crippen LogP contribution in [0.5, 0.6) is 0 Å². The van der Waals surface area contributed by atoms with Crippen molar-refractivity contribution in [2.45, 2.75) is 45.4 Å². The average molecular weight is 247 g/mol. The van der Waals surface area contributed by atoms with Crippen LogP contribution in [0, 0.1) is 11.8 Å². The maximum absolute atomic E-state index is 12.1. The van der Waals surface area contributed by atoms with E-state index in [1.807, 2.05) is 4.90 Å². The summed E-state index contributed by atoms with van der Waals surface area (Å²) in [4.78, 5) is 14.1. The first-order valence-corrected chi connectivity index (χ1v) is 7.41. The molecule has 0 heterocycles. The zero-order valence-corrected chi connectivity index (χ0v) is 11.5. The lowest BCUT2D eigenvalue weighted by Crippen LogP contribution is -2.33. The molecule has 18 heavy (non-hydrogen) atoms. The van der Waals surface area contributed by atoms with Gasteiger partial charge in [-0.25, -0.2) is 0 Å². The first-order chi connectivity index (χ1) is 8.81. The fraction of sp³-hybridized carbons (Fsp3) is 0.688. The van der Waals surface area contributed by atoms with Gasteiger partial charge >= 0.3 is 0 Å². The third-order valence-electron chi connectivity index (χ3n) is 3.78. The second-order valence-electron chi connectivity index (χ2n) is 5.53. The molecule has 0 saturated heterocycles. The first-order valence-electron chi connectivity index (χ1n) is 7.41. The van der Waals surface area contributed by atoms with Gasteiger partial charge < -0.3 is 4.90 Å². The summed E-state index contributed by atoms with van der Waals surface area (Å²) in [6, 6.07) is 0. The number of rotatable bonds is 6. The lowest BCUT2D eigenvalue weighted by atomic mass is 9.94. The van der Waals surface area contributed by atoms with Gasteiger partial charge in [0.15, 0.2) is 0 Å². The summed E-state index contributed by atoms with van der Waals surface area (Å²) in [6.45, 7) is 3.86. The fourth-order valence-electron chi connectivity index (χ4n) is 2.52. The van der Waals surface area contributed by atoms with Crippen molar-refractivity contribution in [1.82, 2.24) is 4.90 Å². The number of allylic oxidation sites excluding steroid dienone is 3. The number of carbonyl (C=O) groups is 1. The molecule has 0 bridgehead atoms. The van der Waals surface area contributed by atoms with Gasteiger partial charge in [-0.05, 0) is 44.4 Å². The third kappa shape index (κ3) is 4.01. The zero-order chi connectivity index (χ0) is 12.8. The van der Waals surface area contributed by atoms with E-state index in [0.29, 0.717) is 17.7 Å². The van der Waals surface area contributed by atoms with Crippen molar-refractivity contribution < 1.29 is 4.79 Å². The summed E-state index contributed by atoms with van der Waals surface area (Å²) in [5, 5.41) is 0. The summed E-state index contributed by atoms with van der Waals surface area (Å²) in [5.74, 6) is 1.42. The Morgan fingerprint density at radius 1 is 1.33 bits per heavy atom. The molecule has 1 fully saturated rings. The minimum absolute atomic E-state index is 0.350. The van der Waals surface area contributed by atoms with Gasteiger partial charge in [-0.3, -0.25) is 4.79 Å². The van der Waals surface area contributed by atoms with Gasteiger partial charge in [0.25, 0.3) is 0 Å². The second-order valence-corrected chi connectivity index (χ2v) is 5.53. The molecule has 100 valence electrons. The van der Waals surface area contributed by atoms with Crippen molar-refractivity contribution in [1.29, 1.82) is 0 Å². The highest BCUT2D eigenvalue weighted by molar-refractivity contribution is 5.81. The molecule has 0 aromatic heterocycles. The number of carbonyl (C=O) groups excluding carboxylic acids is 1. The van der Waals surface area contributed by atoms with Crippen LogP contribution in [-0.2, 0) is 4.79 Å². The van der Waals surface area contributed by atoms with Crippen LogP contribution in [0.2, 0.25) is 0 Å². The molecule has 1 atom stereocenters. The van der Waals surface area contributed by atoms with Gasteiger partial charge in [0, 0.05) is 19.0 Å². The lowest BCUT2D eigenvalue weighted by molar-refractivity contribution is -0.132. The van der Waals surface area contributed by atoms with Crippen LogP contribution < -0.4 is 0 Å². The molecule has 1 unspecified atom stereocenters. The molecule has 0 radical (unpaired) electrons. The van der Waals surface area contributed by atoms with E-state index in [1.165, 1.54) is 19.3 Å². The third-order valence-corrected chi connectivity index (χ3v) is 3.78. The fourth-order valence-corrected chi connectivity index (χ4v) is 2.52. The number of hydrogen-bond donors (Lipinski definition) is 0. The van der Waals surface area contributed by atoms with Gasteiger partial charge in [-0.2, -0.15) is 0 Å². The van der Waals surface area contributed by atoms with Crippen molar-refractivity contribution >= 4 is 5.91 Å². The van der Waals surface area contributed by atoms with Crippen molar-refractivity contribution in [3.8, 4) is 0 Å². The van der Waals surface area contributed by atoms with Crippen molar-refractivity contribution in [3.63, 3.8) is 0 Å². The maximum atomic E-state index is 12.1. The molecule has 2 aliphatic carbocycles. The average Bonchev–Trinajstić information content (AvgIpc) is 3.22. The van der Waals surface area contributed by atoms with Crippen LogP contribution in [0.3, 0.4) is 0 Å². The van der Waals surface area contributed by atoms with E-state index < -0.39 is 0 Å². The lowest BCUT2D eigenvalue weighted by Gasteiger charge is -2.21. The highest BCUT2D eigenvalue weighted by atomic mass is 16.2. The van der Waals surface area contributed by atoms with E-state index in [0.717, 1.165) is 32.4 Å². The Morgan fingerprint density at radius 2 is 2.17 bits per heavy atom. The van der Waals surface area contributed by atoms with Crippen LogP contribution in [0.15, 0.2) is 24.3 Å². The monoisotopic (exact) mass is 247 g/mol. The highest BCUT2D eigenvalue weighted by Gasteiger charge is 2.32. The minimum atomic E-state index is 0.350. The Bertz CT molecular complexity index is 328. The van der Waals surface area contributed by atoms with E-state index >= 15 is 0 Å². The topological polar surface area (TPSA) is 20.3 Å². The molecule has 0 aromatic carbocycles. The molecule has 1 amide bonds. The largest absolute Gasteiger partial charge is 0.339 e. The summed E-state index contributed by atoms with van der Waals surface area (Å²) in [7, 11) is 0. The Balaban J connectivity index is 1.78. The predicted molar refractivity (Wildman–Crippen MR) is 75.2 cm³/mol. The summed E-state index contributed by atoms with van der Waals surface area (Å²) >= 11 is 0. The number of nitrogens with zero attached hydrogens (tertiary/aromatic N) is 1. The Hall–Kier alpha value is -1.05. The highest BCUT2D eigenvalue weighted by Crippen LogP contribution is 2.31. The van der Waals surface area contributed by atoms with Crippen LogP contribution in [0.1, 0.15) is 45.4 Å². The molecule has 2 aliphatic rings. The summed E-state index contributed by atoms with van der Waals surface area (Å²) in [5.41, 5.74) is 0. The normalized spacial score (nSPS) is 23.5. The van der Waals surface area contributed by atoms with Gasteiger partial charge in [-0.15, -0.1) is 0 Å². The van der Waals surface area contributed by atoms with Crippen molar-refractivity contribution in [2.24, 2.45) is 11.8 Å². The quantitative estimate of drug-likeness (QED) is 0.657. The second kappa shape index (κ2) is 6.77. The molecular formula is C16H25NO. The smallest absolute Gasteiger partial charge is 0.225 e. The molecule has 2 rings (SSSR count). The maximum Gasteiger partial charge on any atom is 0.225 e. The van der Waals surface area contributed by atoms with E-state index in [9.17, 15) is 4.79 Å². The number of amides is 1. The molecule has 0 aliphatic heterocycles. The Morgan fingerprint density at radius 3 is 2.78 bits per heavy atom. The first kappa shape index (κ1) is 13.4. The molecule has 0 aromatic rings. The Kier molecular flexibility index (Phi) is 5.03. The van der Waals surface area contributed by atoms with E-state index in [1.54, 1.807) is 0 Å². The van der Waals surface area contributed by atoms with Crippen molar-refractivity contribution in [2.75, 3.05) is 13.1 Å². The van der Waals surface area contributed by atoms with Crippen LogP contribution in [0.4, 0.5) is 0 Å². The summed E-state index contributed by atoms with van der Waals surface area (Å²) < 4.78 is 0. The predicted octanol–water partition coefficient (Wildman–Crippen LogP) is 3.55. The van der Waals surface area contributed by atoms with Gasteiger partial charge in [0.1, 0.15) is 0 Å².